The standard InChI is InChI=1S/C12H24/c1-4-6-7-8-9-11-12(3)10-5-2/h11H,4-10H2,1-3H3/b12-11-. The summed E-state index contributed by atoms with van der Waals surface area (Å²) in [6.07, 6.45) is 11.8. The van der Waals surface area contributed by atoms with Crippen LogP contribution in [-0.4, -0.2) is 0 Å². The van der Waals surface area contributed by atoms with Crippen molar-refractivity contribution in [3.8, 4) is 0 Å². The van der Waals surface area contributed by atoms with Gasteiger partial charge in [0.05, 0.1) is 0 Å². The predicted molar refractivity (Wildman–Crippen MR) is 57.4 cm³/mol. The summed E-state index contributed by atoms with van der Waals surface area (Å²) in [5, 5.41) is 0. The molecule has 0 rings (SSSR count). The summed E-state index contributed by atoms with van der Waals surface area (Å²) in [4.78, 5) is 0. The van der Waals surface area contributed by atoms with E-state index >= 15 is 0 Å². The second kappa shape index (κ2) is 8.83. The van der Waals surface area contributed by atoms with Crippen LogP contribution in [0.1, 0.15) is 65.7 Å². The van der Waals surface area contributed by atoms with Crippen LogP contribution >= 0.6 is 0 Å². The van der Waals surface area contributed by atoms with Crippen LogP contribution in [0.5, 0.6) is 0 Å². The topological polar surface area (TPSA) is 0 Å². The van der Waals surface area contributed by atoms with E-state index in [0.29, 0.717) is 0 Å². The quantitative estimate of drug-likeness (QED) is 0.382. The van der Waals surface area contributed by atoms with Crippen molar-refractivity contribution in [3.63, 3.8) is 0 Å². The second-order valence-corrected chi connectivity index (χ2v) is 3.65. The van der Waals surface area contributed by atoms with Gasteiger partial charge in [-0.2, -0.15) is 0 Å². The molecule has 0 fully saturated rings. The molecule has 0 aromatic heterocycles. The lowest BCUT2D eigenvalue weighted by molar-refractivity contribution is 0.672. The Labute approximate surface area is 78.1 Å². The predicted octanol–water partition coefficient (Wildman–Crippen LogP) is 4.70. The highest BCUT2D eigenvalue weighted by Gasteiger charge is 1.88. The van der Waals surface area contributed by atoms with Crippen molar-refractivity contribution in [2.24, 2.45) is 0 Å². The van der Waals surface area contributed by atoms with E-state index < -0.39 is 0 Å². The molecule has 0 aliphatic carbocycles. The van der Waals surface area contributed by atoms with E-state index in [9.17, 15) is 0 Å². The van der Waals surface area contributed by atoms with E-state index in [1.165, 1.54) is 44.9 Å². The molecule has 0 bridgehead atoms. The third-order valence-electron chi connectivity index (χ3n) is 2.19. The van der Waals surface area contributed by atoms with E-state index in [4.69, 9.17) is 0 Å². The fourth-order valence-electron chi connectivity index (χ4n) is 1.42. The Kier molecular flexibility index (Phi) is 8.64. The molecule has 12 heavy (non-hydrogen) atoms. The van der Waals surface area contributed by atoms with Crippen LogP contribution in [0.15, 0.2) is 11.6 Å². The van der Waals surface area contributed by atoms with Crippen molar-refractivity contribution in [3.05, 3.63) is 11.6 Å². The Morgan fingerprint density at radius 3 is 2.33 bits per heavy atom. The fraction of sp³-hybridized carbons (Fsp3) is 0.833. The highest BCUT2D eigenvalue weighted by Crippen LogP contribution is 2.08. The summed E-state index contributed by atoms with van der Waals surface area (Å²) >= 11 is 0. The Morgan fingerprint density at radius 2 is 1.75 bits per heavy atom. The summed E-state index contributed by atoms with van der Waals surface area (Å²) in [7, 11) is 0. The molecular weight excluding hydrogens is 144 g/mol. The molecule has 0 unspecified atom stereocenters. The summed E-state index contributed by atoms with van der Waals surface area (Å²) in [5.74, 6) is 0. The monoisotopic (exact) mass is 168 g/mol. The summed E-state index contributed by atoms with van der Waals surface area (Å²) in [5.41, 5.74) is 1.58. The lowest BCUT2D eigenvalue weighted by Crippen LogP contribution is -1.78. The van der Waals surface area contributed by atoms with Crippen molar-refractivity contribution in [1.82, 2.24) is 0 Å². The summed E-state index contributed by atoms with van der Waals surface area (Å²) in [6.45, 7) is 6.76. The molecule has 0 heteroatoms. The minimum atomic E-state index is 1.29. The van der Waals surface area contributed by atoms with Crippen molar-refractivity contribution in [1.29, 1.82) is 0 Å². The third-order valence-corrected chi connectivity index (χ3v) is 2.19. The Balaban J connectivity index is 3.21. The molecule has 0 aliphatic heterocycles. The van der Waals surface area contributed by atoms with Gasteiger partial charge in [-0.25, -0.2) is 0 Å². The molecule has 0 aromatic rings. The van der Waals surface area contributed by atoms with Gasteiger partial charge >= 0.3 is 0 Å². The zero-order chi connectivity index (χ0) is 9.23. The minimum absolute atomic E-state index is 1.29. The van der Waals surface area contributed by atoms with E-state index in [2.05, 4.69) is 26.8 Å². The zero-order valence-electron chi connectivity index (χ0n) is 9.03. The van der Waals surface area contributed by atoms with Crippen LogP contribution < -0.4 is 0 Å². The number of unbranched alkanes of at least 4 members (excludes halogenated alkanes) is 4. The van der Waals surface area contributed by atoms with Gasteiger partial charge in [-0.3, -0.25) is 0 Å². The Morgan fingerprint density at radius 1 is 1.00 bits per heavy atom. The molecule has 0 nitrogen and oxygen atoms in total. The van der Waals surface area contributed by atoms with E-state index in [1.807, 2.05) is 0 Å². The number of hydrogen-bond donors (Lipinski definition) is 0. The number of hydrogen-bond acceptors (Lipinski definition) is 0. The Bertz CT molecular complexity index is 111. The van der Waals surface area contributed by atoms with Gasteiger partial charge in [0.25, 0.3) is 0 Å². The third kappa shape index (κ3) is 7.84. The number of rotatable bonds is 7. The fourth-order valence-corrected chi connectivity index (χ4v) is 1.42. The van der Waals surface area contributed by atoms with Gasteiger partial charge in [-0.05, 0) is 26.2 Å². The average Bonchev–Trinajstić information content (AvgIpc) is 2.05. The van der Waals surface area contributed by atoms with E-state index in [0.717, 1.165) is 0 Å². The molecule has 0 aromatic carbocycles. The average molecular weight is 168 g/mol. The minimum Gasteiger partial charge on any atom is -0.0856 e. The number of allylic oxidation sites excluding steroid dienone is 2. The van der Waals surface area contributed by atoms with E-state index in [-0.39, 0.29) is 0 Å². The van der Waals surface area contributed by atoms with Crippen LogP contribution in [0.2, 0.25) is 0 Å². The highest BCUT2D eigenvalue weighted by atomic mass is 13.9. The molecule has 0 saturated carbocycles. The van der Waals surface area contributed by atoms with Crippen molar-refractivity contribution >= 4 is 0 Å². The van der Waals surface area contributed by atoms with Crippen LogP contribution in [0.4, 0.5) is 0 Å². The molecule has 0 N–H and O–H groups in total. The van der Waals surface area contributed by atoms with Gasteiger partial charge in [0.2, 0.25) is 0 Å². The lowest BCUT2D eigenvalue weighted by atomic mass is 10.1. The highest BCUT2D eigenvalue weighted by molar-refractivity contribution is 4.97. The first-order valence-electron chi connectivity index (χ1n) is 5.46. The molecule has 72 valence electrons. The maximum atomic E-state index is 2.42. The maximum absolute atomic E-state index is 2.42. The second-order valence-electron chi connectivity index (χ2n) is 3.65. The first-order chi connectivity index (χ1) is 5.81. The van der Waals surface area contributed by atoms with Crippen LogP contribution in [0, 0.1) is 0 Å². The van der Waals surface area contributed by atoms with Gasteiger partial charge in [-0.15, -0.1) is 0 Å². The SMILES string of the molecule is CCCCCC/C=C(/C)CCC. The van der Waals surface area contributed by atoms with E-state index in [1.54, 1.807) is 5.57 Å². The van der Waals surface area contributed by atoms with Crippen molar-refractivity contribution in [2.45, 2.75) is 65.7 Å². The molecule has 0 amide bonds. The van der Waals surface area contributed by atoms with Gasteiger partial charge in [-0.1, -0.05) is 51.2 Å². The largest absolute Gasteiger partial charge is 0.0856 e. The van der Waals surface area contributed by atoms with Crippen molar-refractivity contribution < 1.29 is 0 Å². The van der Waals surface area contributed by atoms with Gasteiger partial charge in [0, 0.05) is 0 Å². The Hall–Kier alpha value is -0.260. The molecule has 0 spiro atoms. The van der Waals surface area contributed by atoms with Crippen LogP contribution in [0.3, 0.4) is 0 Å². The molecule has 0 saturated heterocycles. The molecule has 0 aliphatic rings. The molecule has 0 atom stereocenters. The van der Waals surface area contributed by atoms with Crippen molar-refractivity contribution in [2.75, 3.05) is 0 Å². The zero-order valence-corrected chi connectivity index (χ0v) is 9.03. The maximum Gasteiger partial charge on any atom is -0.0326 e. The van der Waals surface area contributed by atoms with Gasteiger partial charge in [0.1, 0.15) is 0 Å². The first kappa shape index (κ1) is 11.7. The molecule has 0 radical (unpaired) electrons. The lowest BCUT2D eigenvalue weighted by Gasteiger charge is -1.98. The normalized spacial score (nSPS) is 12.1. The summed E-state index contributed by atoms with van der Waals surface area (Å²) in [6, 6.07) is 0. The smallest absolute Gasteiger partial charge is 0.0326 e. The summed E-state index contributed by atoms with van der Waals surface area (Å²) < 4.78 is 0. The molecular formula is C12H24. The van der Waals surface area contributed by atoms with Crippen LogP contribution in [-0.2, 0) is 0 Å². The van der Waals surface area contributed by atoms with Gasteiger partial charge < -0.3 is 0 Å². The van der Waals surface area contributed by atoms with Gasteiger partial charge in [0.15, 0.2) is 0 Å². The first-order valence-corrected chi connectivity index (χ1v) is 5.46. The molecule has 0 heterocycles. The van der Waals surface area contributed by atoms with Crippen LogP contribution in [0.25, 0.3) is 0 Å².